The number of nitrogens with one attached hydrogen (secondary N) is 1. The predicted octanol–water partition coefficient (Wildman–Crippen LogP) is 2.53. The Kier molecular flexibility index (Phi) is 4.88. The van der Waals surface area contributed by atoms with Gasteiger partial charge in [0.05, 0.1) is 18.8 Å². The molecule has 1 aromatic heterocycles. The highest BCUT2D eigenvalue weighted by molar-refractivity contribution is 5.35. The Morgan fingerprint density at radius 3 is 2.61 bits per heavy atom. The van der Waals surface area contributed by atoms with Gasteiger partial charge in [-0.2, -0.15) is 0 Å². The lowest BCUT2D eigenvalue weighted by molar-refractivity contribution is 0.195. The normalized spacial score (nSPS) is 17.0. The van der Waals surface area contributed by atoms with E-state index in [1.165, 1.54) is 7.11 Å². The van der Waals surface area contributed by atoms with Crippen molar-refractivity contribution in [2.75, 3.05) is 33.3 Å². The van der Waals surface area contributed by atoms with E-state index in [0.29, 0.717) is 0 Å². The van der Waals surface area contributed by atoms with Crippen molar-refractivity contribution in [3.05, 3.63) is 59.2 Å². The van der Waals surface area contributed by atoms with Gasteiger partial charge >= 0.3 is 0 Å². The Hall–Kier alpha value is -1.98. The number of hydrogen-bond acceptors (Lipinski definition) is 4. The molecule has 3 rings (SSSR count). The largest absolute Gasteiger partial charge is 0.494 e. The zero-order valence-electron chi connectivity index (χ0n) is 13.6. The lowest BCUT2D eigenvalue weighted by Crippen LogP contribution is -2.45. The summed E-state index contributed by atoms with van der Waals surface area (Å²) in [5.74, 6) is -0.0677. The molecule has 23 heavy (non-hydrogen) atoms. The number of benzene rings is 1. The Morgan fingerprint density at radius 1 is 1.22 bits per heavy atom. The number of aryl methyl sites for hydroxylation is 1. The van der Waals surface area contributed by atoms with Gasteiger partial charge in [-0.25, -0.2) is 4.39 Å². The topological polar surface area (TPSA) is 37.4 Å². The van der Waals surface area contributed by atoms with Gasteiger partial charge in [0.25, 0.3) is 0 Å². The summed E-state index contributed by atoms with van der Waals surface area (Å²) in [4.78, 5) is 6.93. The first-order valence-electron chi connectivity index (χ1n) is 7.90. The van der Waals surface area contributed by atoms with Gasteiger partial charge in [0, 0.05) is 32.4 Å². The molecule has 0 spiro atoms. The third kappa shape index (κ3) is 3.51. The van der Waals surface area contributed by atoms with Crippen LogP contribution >= 0.6 is 0 Å². The average Bonchev–Trinajstić information content (AvgIpc) is 2.58. The molecule has 2 heterocycles. The molecule has 0 radical (unpaired) electrons. The highest BCUT2D eigenvalue weighted by atomic mass is 19.1. The van der Waals surface area contributed by atoms with Gasteiger partial charge in [-0.05, 0) is 36.2 Å². The average molecular weight is 315 g/mol. The molecule has 1 saturated heterocycles. The number of halogens is 1. The monoisotopic (exact) mass is 315 g/mol. The highest BCUT2D eigenvalue weighted by Crippen LogP contribution is 2.30. The van der Waals surface area contributed by atoms with Crippen molar-refractivity contribution < 1.29 is 9.13 Å². The predicted molar refractivity (Wildman–Crippen MR) is 88.2 cm³/mol. The van der Waals surface area contributed by atoms with Crippen molar-refractivity contribution in [2.24, 2.45) is 0 Å². The zero-order chi connectivity index (χ0) is 16.2. The summed E-state index contributed by atoms with van der Waals surface area (Å²) >= 11 is 0. The third-order valence-electron chi connectivity index (χ3n) is 4.22. The summed E-state index contributed by atoms with van der Waals surface area (Å²) in [5.41, 5.74) is 2.97. The van der Waals surface area contributed by atoms with E-state index in [4.69, 9.17) is 4.74 Å². The number of piperazine rings is 1. The fraction of sp³-hybridized carbons (Fsp3) is 0.389. The first kappa shape index (κ1) is 15.9. The Balaban J connectivity index is 2.00. The first-order valence-corrected chi connectivity index (χ1v) is 7.90. The standard InChI is InChI=1S/C18H22FN3O/c1-13-3-5-16(21-12-13)18(22-9-7-20-8-10-22)14-4-6-17(23-2)15(19)11-14/h3-6,11-12,18,20H,7-10H2,1-2H3. The van der Waals surface area contributed by atoms with Crippen molar-refractivity contribution in [1.82, 2.24) is 15.2 Å². The highest BCUT2D eigenvalue weighted by Gasteiger charge is 2.25. The Labute approximate surface area is 136 Å². The molecule has 0 aliphatic carbocycles. The maximum Gasteiger partial charge on any atom is 0.165 e. The summed E-state index contributed by atoms with van der Waals surface area (Å²) in [6, 6.07) is 9.22. The third-order valence-corrected chi connectivity index (χ3v) is 4.22. The molecule has 1 unspecified atom stereocenters. The number of ether oxygens (including phenoxy) is 1. The lowest BCUT2D eigenvalue weighted by atomic mass is 9.99. The molecular formula is C18H22FN3O. The van der Waals surface area contributed by atoms with Crippen LogP contribution in [0.15, 0.2) is 36.5 Å². The summed E-state index contributed by atoms with van der Waals surface area (Å²) in [6.45, 7) is 5.70. The van der Waals surface area contributed by atoms with Crippen molar-refractivity contribution in [3.8, 4) is 5.75 Å². The number of hydrogen-bond donors (Lipinski definition) is 1. The van der Waals surface area contributed by atoms with E-state index >= 15 is 0 Å². The van der Waals surface area contributed by atoms with E-state index in [2.05, 4.69) is 21.3 Å². The van der Waals surface area contributed by atoms with Crippen LogP contribution in [0, 0.1) is 12.7 Å². The first-order chi connectivity index (χ1) is 11.2. The summed E-state index contributed by atoms with van der Waals surface area (Å²) in [6.07, 6.45) is 1.87. The summed E-state index contributed by atoms with van der Waals surface area (Å²) < 4.78 is 19.2. The van der Waals surface area contributed by atoms with Crippen LogP contribution in [-0.4, -0.2) is 43.2 Å². The summed E-state index contributed by atoms with van der Waals surface area (Å²) in [5, 5.41) is 3.36. The van der Waals surface area contributed by atoms with Gasteiger partial charge in [0.1, 0.15) is 0 Å². The Morgan fingerprint density at radius 2 is 2.00 bits per heavy atom. The van der Waals surface area contributed by atoms with Crippen LogP contribution in [-0.2, 0) is 0 Å². The second-order valence-corrected chi connectivity index (χ2v) is 5.84. The van der Waals surface area contributed by atoms with Gasteiger partial charge in [-0.3, -0.25) is 9.88 Å². The lowest BCUT2D eigenvalue weighted by Gasteiger charge is -2.35. The second-order valence-electron chi connectivity index (χ2n) is 5.84. The molecule has 122 valence electrons. The van der Waals surface area contributed by atoms with Crippen molar-refractivity contribution in [2.45, 2.75) is 13.0 Å². The second kappa shape index (κ2) is 7.06. The molecule has 0 amide bonds. The van der Waals surface area contributed by atoms with Crippen LogP contribution in [0.25, 0.3) is 0 Å². The maximum absolute atomic E-state index is 14.2. The van der Waals surface area contributed by atoms with Crippen LogP contribution in [0.1, 0.15) is 22.9 Å². The van der Waals surface area contributed by atoms with E-state index in [-0.39, 0.29) is 17.6 Å². The van der Waals surface area contributed by atoms with E-state index in [0.717, 1.165) is 43.0 Å². The van der Waals surface area contributed by atoms with Crippen molar-refractivity contribution in [3.63, 3.8) is 0 Å². The summed E-state index contributed by atoms with van der Waals surface area (Å²) in [7, 11) is 1.48. The minimum absolute atomic E-state index is 0.0434. The van der Waals surface area contributed by atoms with Crippen LogP contribution in [0.4, 0.5) is 4.39 Å². The van der Waals surface area contributed by atoms with Crippen LogP contribution in [0.2, 0.25) is 0 Å². The molecule has 4 nitrogen and oxygen atoms in total. The minimum atomic E-state index is -0.336. The van der Waals surface area contributed by atoms with E-state index in [1.807, 2.05) is 25.3 Å². The SMILES string of the molecule is COc1ccc(C(c2ccc(C)cn2)N2CCNCC2)cc1F. The van der Waals surface area contributed by atoms with Crippen molar-refractivity contribution >= 4 is 0 Å². The van der Waals surface area contributed by atoms with Gasteiger partial charge < -0.3 is 10.1 Å². The molecule has 1 fully saturated rings. The molecule has 1 atom stereocenters. The van der Waals surface area contributed by atoms with Gasteiger partial charge in [-0.15, -0.1) is 0 Å². The number of aromatic nitrogens is 1. The quantitative estimate of drug-likeness (QED) is 0.941. The van der Waals surface area contributed by atoms with Crippen LogP contribution in [0.5, 0.6) is 5.75 Å². The minimum Gasteiger partial charge on any atom is -0.494 e. The maximum atomic E-state index is 14.2. The van der Waals surface area contributed by atoms with Crippen LogP contribution in [0.3, 0.4) is 0 Å². The van der Waals surface area contributed by atoms with Gasteiger partial charge in [0.15, 0.2) is 11.6 Å². The fourth-order valence-electron chi connectivity index (χ4n) is 3.00. The fourth-order valence-corrected chi connectivity index (χ4v) is 3.00. The zero-order valence-corrected chi connectivity index (χ0v) is 13.6. The number of pyridine rings is 1. The molecule has 1 aromatic carbocycles. The number of methoxy groups -OCH3 is 1. The van der Waals surface area contributed by atoms with E-state index < -0.39 is 0 Å². The van der Waals surface area contributed by atoms with Crippen LogP contribution < -0.4 is 10.1 Å². The molecule has 5 heteroatoms. The Bertz CT molecular complexity index is 654. The molecule has 0 bridgehead atoms. The van der Waals surface area contributed by atoms with Gasteiger partial charge in [0.2, 0.25) is 0 Å². The number of nitrogens with zero attached hydrogens (tertiary/aromatic N) is 2. The smallest absolute Gasteiger partial charge is 0.165 e. The molecular weight excluding hydrogens is 293 g/mol. The molecule has 2 aromatic rings. The molecule has 1 N–H and O–H groups in total. The van der Waals surface area contributed by atoms with Gasteiger partial charge in [-0.1, -0.05) is 12.1 Å². The molecule has 1 aliphatic rings. The van der Waals surface area contributed by atoms with E-state index in [9.17, 15) is 4.39 Å². The van der Waals surface area contributed by atoms with E-state index in [1.54, 1.807) is 12.1 Å². The molecule has 1 aliphatic heterocycles. The van der Waals surface area contributed by atoms with Crippen molar-refractivity contribution in [1.29, 1.82) is 0 Å². The number of rotatable bonds is 4. The molecule has 0 saturated carbocycles.